The smallest absolute Gasteiger partial charge is 0.0446 e. The SMILES string of the molecule is CC(C)N1CCN(C2CSCCSC2)C[C@H]1CCO. The van der Waals surface area contributed by atoms with Crippen LogP contribution in [0.1, 0.15) is 20.3 Å². The van der Waals surface area contributed by atoms with Crippen molar-refractivity contribution in [1.82, 2.24) is 9.80 Å². The van der Waals surface area contributed by atoms with Crippen molar-refractivity contribution in [2.75, 3.05) is 49.3 Å². The predicted octanol–water partition coefficient (Wildman–Crippen LogP) is 1.61. The predicted molar refractivity (Wildman–Crippen MR) is 87.3 cm³/mol. The highest BCUT2D eigenvalue weighted by molar-refractivity contribution is 8.03. The van der Waals surface area contributed by atoms with Crippen molar-refractivity contribution in [2.24, 2.45) is 0 Å². The zero-order valence-corrected chi connectivity index (χ0v) is 13.9. The first-order valence-electron chi connectivity index (χ1n) is 7.48. The van der Waals surface area contributed by atoms with Crippen LogP contribution in [0.15, 0.2) is 0 Å². The molecule has 2 aliphatic heterocycles. The summed E-state index contributed by atoms with van der Waals surface area (Å²) in [5.74, 6) is 5.21. The number of nitrogens with zero attached hydrogens (tertiary/aromatic N) is 2. The summed E-state index contributed by atoms with van der Waals surface area (Å²) in [4.78, 5) is 5.26. The molecular formula is C14H28N2OS2. The van der Waals surface area contributed by atoms with Crippen molar-refractivity contribution in [3.63, 3.8) is 0 Å². The molecule has 1 atom stereocenters. The lowest BCUT2D eigenvalue weighted by atomic mass is 10.1. The molecule has 2 heterocycles. The Kier molecular flexibility index (Phi) is 6.83. The molecule has 2 aliphatic rings. The van der Waals surface area contributed by atoms with Crippen LogP contribution in [0.4, 0.5) is 0 Å². The Hall–Kier alpha value is 0.580. The van der Waals surface area contributed by atoms with Crippen LogP contribution in [-0.4, -0.2) is 82.3 Å². The van der Waals surface area contributed by atoms with Gasteiger partial charge in [-0.25, -0.2) is 0 Å². The molecular weight excluding hydrogens is 276 g/mol. The first kappa shape index (κ1) is 16.0. The zero-order chi connectivity index (χ0) is 13.7. The zero-order valence-electron chi connectivity index (χ0n) is 12.3. The number of aliphatic hydroxyl groups excluding tert-OH is 1. The molecule has 0 aromatic carbocycles. The van der Waals surface area contributed by atoms with Gasteiger partial charge in [-0.05, 0) is 20.3 Å². The maximum Gasteiger partial charge on any atom is 0.0446 e. The quantitative estimate of drug-likeness (QED) is 0.851. The van der Waals surface area contributed by atoms with Crippen molar-refractivity contribution in [3.05, 3.63) is 0 Å². The Morgan fingerprint density at radius 1 is 1.16 bits per heavy atom. The Morgan fingerprint density at radius 2 is 1.84 bits per heavy atom. The number of hydrogen-bond donors (Lipinski definition) is 1. The van der Waals surface area contributed by atoms with E-state index in [0.29, 0.717) is 18.7 Å². The molecule has 0 radical (unpaired) electrons. The molecule has 0 unspecified atom stereocenters. The minimum absolute atomic E-state index is 0.315. The van der Waals surface area contributed by atoms with E-state index in [4.69, 9.17) is 0 Å². The molecule has 0 aromatic heterocycles. The van der Waals surface area contributed by atoms with Crippen molar-refractivity contribution >= 4 is 23.5 Å². The third kappa shape index (κ3) is 4.53. The molecule has 0 aromatic rings. The number of thioether (sulfide) groups is 2. The van der Waals surface area contributed by atoms with Crippen LogP contribution in [0.5, 0.6) is 0 Å². The molecule has 5 heteroatoms. The third-order valence-corrected chi connectivity index (χ3v) is 6.68. The average Bonchev–Trinajstić information content (AvgIpc) is 2.67. The molecule has 2 rings (SSSR count). The highest BCUT2D eigenvalue weighted by atomic mass is 32.2. The molecule has 3 nitrogen and oxygen atoms in total. The third-order valence-electron chi connectivity index (χ3n) is 4.19. The standard InChI is InChI=1S/C14H28N2OS2/c1-12(2)16-5-4-15(9-13(16)3-6-17)14-10-18-7-8-19-11-14/h12-14,17H,3-11H2,1-2H3/t13-/m1/s1. The van der Waals surface area contributed by atoms with Crippen LogP contribution < -0.4 is 0 Å². The van der Waals surface area contributed by atoms with Gasteiger partial charge in [-0.1, -0.05) is 0 Å². The summed E-state index contributed by atoms with van der Waals surface area (Å²) in [5, 5.41) is 9.31. The van der Waals surface area contributed by atoms with Gasteiger partial charge in [0.25, 0.3) is 0 Å². The second kappa shape index (κ2) is 8.13. The van der Waals surface area contributed by atoms with Gasteiger partial charge < -0.3 is 5.11 Å². The van der Waals surface area contributed by atoms with Crippen LogP contribution in [0, 0.1) is 0 Å². The fraction of sp³-hybridized carbons (Fsp3) is 1.00. The van der Waals surface area contributed by atoms with Crippen LogP contribution in [0.3, 0.4) is 0 Å². The summed E-state index contributed by atoms with van der Waals surface area (Å²) in [6, 6.07) is 1.88. The first-order chi connectivity index (χ1) is 9.22. The maximum absolute atomic E-state index is 9.31. The van der Waals surface area contributed by atoms with Crippen molar-refractivity contribution in [2.45, 2.75) is 38.4 Å². The summed E-state index contributed by atoms with van der Waals surface area (Å²) in [6.45, 7) is 8.37. The van der Waals surface area contributed by atoms with E-state index >= 15 is 0 Å². The van der Waals surface area contributed by atoms with Gasteiger partial charge >= 0.3 is 0 Å². The molecule has 0 saturated carbocycles. The van der Waals surface area contributed by atoms with Gasteiger partial charge in [0.2, 0.25) is 0 Å². The second-order valence-electron chi connectivity index (χ2n) is 5.80. The summed E-state index contributed by atoms with van der Waals surface area (Å²) in [6.07, 6.45) is 0.918. The van der Waals surface area contributed by atoms with E-state index in [1.165, 1.54) is 29.6 Å². The maximum atomic E-state index is 9.31. The van der Waals surface area contributed by atoms with Crippen LogP contribution in [0.2, 0.25) is 0 Å². The van der Waals surface area contributed by atoms with Gasteiger partial charge in [-0.3, -0.25) is 9.80 Å². The summed E-state index contributed by atoms with van der Waals surface area (Å²) < 4.78 is 0. The molecule has 2 saturated heterocycles. The Labute approximate surface area is 126 Å². The average molecular weight is 305 g/mol. The summed E-state index contributed by atoms with van der Waals surface area (Å²) in [5.41, 5.74) is 0. The molecule has 0 spiro atoms. The largest absolute Gasteiger partial charge is 0.396 e. The lowest BCUT2D eigenvalue weighted by molar-refractivity contribution is 0.0268. The molecule has 0 amide bonds. The van der Waals surface area contributed by atoms with E-state index in [1.807, 2.05) is 0 Å². The number of piperazine rings is 1. The van der Waals surface area contributed by atoms with E-state index in [2.05, 4.69) is 47.2 Å². The highest BCUT2D eigenvalue weighted by Crippen LogP contribution is 2.24. The minimum Gasteiger partial charge on any atom is -0.396 e. The molecule has 1 N–H and O–H groups in total. The second-order valence-corrected chi connectivity index (χ2v) is 8.10. The molecule has 0 bridgehead atoms. The van der Waals surface area contributed by atoms with Gasteiger partial charge in [0.05, 0.1) is 0 Å². The van der Waals surface area contributed by atoms with E-state index in [0.717, 1.165) is 25.6 Å². The molecule has 2 fully saturated rings. The van der Waals surface area contributed by atoms with Gasteiger partial charge in [0.15, 0.2) is 0 Å². The number of rotatable bonds is 4. The fourth-order valence-corrected chi connectivity index (χ4v) is 5.75. The minimum atomic E-state index is 0.315. The fourth-order valence-electron chi connectivity index (χ4n) is 3.13. The monoisotopic (exact) mass is 304 g/mol. The number of hydrogen-bond acceptors (Lipinski definition) is 5. The van der Waals surface area contributed by atoms with Gasteiger partial charge in [0.1, 0.15) is 0 Å². The highest BCUT2D eigenvalue weighted by Gasteiger charge is 2.31. The van der Waals surface area contributed by atoms with Gasteiger partial charge in [0, 0.05) is 67.4 Å². The topological polar surface area (TPSA) is 26.7 Å². The van der Waals surface area contributed by atoms with Crippen LogP contribution in [0.25, 0.3) is 0 Å². The Morgan fingerprint density at radius 3 is 2.42 bits per heavy atom. The van der Waals surface area contributed by atoms with Crippen molar-refractivity contribution in [3.8, 4) is 0 Å². The Balaban J connectivity index is 1.93. The van der Waals surface area contributed by atoms with E-state index in [9.17, 15) is 5.11 Å². The Bertz CT molecular complexity index is 258. The van der Waals surface area contributed by atoms with Gasteiger partial charge in [-0.2, -0.15) is 23.5 Å². The number of aliphatic hydroxyl groups is 1. The van der Waals surface area contributed by atoms with Crippen molar-refractivity contribution in [1.29, 1.82) is 0 Å². The van der Waals surface area contributed by atoms with E-state index in [-0.39, 0.29) is 0 Å². The molecule has 19 heavy (non-hydrogen) atoms. The van der Waals surface area contributed by atoms with Crippen molar-refractivity contribution < 1.29 is 5.11 Å². The van der Waals surface area contributed by atoms with E-state index < -0.39 is 0 Å². The van der Waals surface area contributed by atoms with Crippen LogP contribution >= 0.6 is 23.5 Å². The van der Waals surface area contributed by atoms with Crippen LogP contribution in [-0.2, 0) is 0 Å². The normalized spacial score (nSPS) is 28.7. The van der Waals surface area contributed by atoms with E-state index in [1.54, 1.807) is 0 Å². The molecule has 0 aliphatic carbocycles. The van der Waals surface area contributed by atoms with Gasteiger partial charge in [-0.15, -0.1) is 0 Å². The lowest BCUT2D eigenvalue weighted by Crippen LogP contribution is -2.58. The summed E-state index contributed by atoms with van der Waals surface area (Å²) >= 11 is 4.23. The summed E-state index contributed by atoms with van der Waals surface area (Å²) in [7, 11) is 0. The molecule has 112 valence electrons. The first-order valence-corrected chi connectivity index (χ1v) is 9.79. The lowest BCUT2D eigenvalue weighted by Gasteiger charge is -2.46.